The maximum absolute atomic E-state index is 12.3. The lowest BCUT2D eigenvalue weighted by molar-refractivity contribution is -0.131. The third-order valence-corrected chi connectivity index (χ3v) is 3.92. The molecule has 25 heavy (non-hydrogen) atoms. The van der Waals surface area contributed by atoms with Crippen LogP contribution in [0, 0.1) is 5.92 Å². The van der Waals surface area contributed by atoms with E-state index in [1.54, 1.807) is 0 Å². The Morgan fingerprint density at radius 3 is 2.56 bits per heavy atom. The van der Waals surface area contributed by atoms with Crippen molar-refractivity contribution in [2.75, 3.05) is 33.2 Å². The van der Waals surface area contributed by atoms with Crippen LogP contribution in [0.2, 0.25) is 0 Å². The van der Waals surface area contributed by atoms with E-state index in [0.717, 1.165) is 38.0 Å². The number of imidazole rings is 1. The molecule has 7 nitrogen and oxygen atoms in total. The minimum absolute atomic E-state index is 0.111. The molecule has 1 amide bonds. The van der Waals surface area contributed by atoms with E-state index in [1.807, 2.05) is 50.0 Å². The van der Waals surface area contributed by atoms with Crippen LogP contribution in [-0.4, -0.2) is 64.4 Å². The van der Waals surface area contributed by atoms with Crippen molar-refractivity contribution in [1.29, 1.82) is 0 Å². The number of nitrogens with zero attached hydrogens (tertiary/aromatic N) is 5. The van der Waals surface area contributed by atoms with Gasteiger partial charge in [0.25, 0.3) is 0 Å². The number of amides is 1. The van der Waals surface area contributed by atoms with Crippen molar-refractivity contribution in [2.24, 2.45) is 10.9 Å². The van der Waals surface area contributed by atoms with E-state index in [0.29, 0.717) is 19.0 Å². The topological polar surface area (TPSA) is 65.8 Å². The molecule has 1 aromatic rings. The summed E-state index contributed by atoms with van der Waals surface area (Å²) >= 11 is 0. The van der Waals surface area contributed by atoms with Crippen molar-refractivity contribution in [1.82, 2.24) is 24.7 Å². The first-order chi connectivity index (χ1) is 11.9. The quantitative estimate of drug-likeness (QED) is 0.545. The number of likely N-dealkylation sites (N-methyl/N-ethyl adjacent to an activating group) is 2. The number of hydrogen-bond acceptors (Lipinski definition) is 3. The summed E-state index contributed by atoms with van der Waals surface area (Å²) in [6, 6.07) is 0. The van der Waals surface area contributed by atoms with Gasteiger partial charge in [0.2, 0.25) is 5.91 Å². The Kier molecular flexibility index (Phi) is 9.02. The highest BCUT2D eigenvalue weighted by atomic mass is 16.2. The van der Waals surface area contributed by atoms with Crippen molar-refractivity contribution < 1.29 is 4.79 Å². The summed E-state index contributed by atoms with van der Waals surface area (Å²) in [6.07, 6.45) is 3.80. The van der Waals surface area contributed by atoms with Crippen molar-refractivity contribution in [3.8, 4) is 0 Å². The number of aliphatic imine (C=N–C) groups is 1. The summed E-state index contributed by atoms with van der Waals surface area (Å²) in [6.45, 7) is 14.3. The van der Waals surface area contributed by atoms with E-state index >= 15 is 0 Å². The molecular formula is C18H34N6O. The molecule has 1 N–H and O–H groups in total. The second-order valence-electron chi connectivity index (χ2n) is 6.48. The second-order valence-corrected chi connectivity index (χ2v) is 6.48. The average molecular weight is 351 g/mol. The molecule has 0 bridgehead atoms. The third-order valence-electron chi connectivity index (χ3n) is 3.92. The Hall–Kier alpha value is -2.05. The normalized spacial score (nSPS) is 11.7. The smallest absolute Gasteiger partial charge is 0.242 e. The third kappa shape index (κ3) is 6.76. The Balaban J connectivity index is 2.79. The molecule has 0 aromatic carbocycles. The van der Waals surface area contributed by atoms with Crippen LogP contribution in [0.4, 0.5) is 0 Å². The molecule has 142 valence electrons. The Labute approximate surface area is 152 Å². The number of carbonyl (C=O) groups is 1. The molecule has 0 aliphatic heterocycles. The van der Waals surface area contributed by atoms with Crippen LogP contribution in [0.3, 0.4) is 0 Å². The van der Waals surface area contributed by atoms with Gasteiger partial charge in [-0.1, -0.05) is 13.8 Å². The predicted molar refractivity (Wildman–Crippen MR) is 102 cm³/mol. The summed E-state index contributed by atoms with van der Waals surface area (Å²) in [5, 5.41) is 3.25. The van der Waals surface area contributed by atoms with Crippen LogP contribution < -0.4 is 5.32 Å². The van der Waals surface area contributed by atoms with Crippen LogP contribution in [0.25, 0.3) is 0 Å². The molecule has 0 radical (unpaired) electrons. The SMILES string of the molecule is CCNC(=NCc1nccn1CC(C)C)N(C)CC(=O)N(CC)CC. The van der Waals surface area contributed by atoms with Crippen molar-refractivity contribution in [3.63, 3.8) is 0 Å². The van der Waals surface area contributed by atoms with E-state index in [1.165, 1.54) is 0 Å². The first kappa shape index (κ1) is 21.0. The molecule has 1 heterocycles. The Bertz CT molecular complexity index is 548. The molecular weight excluding hydrogens is 316 g/mol. The van der Waals surface area contributed by atoms with Gasteiger partial charge in [-0.05, 0) is 26.7 Å². The highest BCUT2D eigenvalue weighted by Crippen LogP contribution is 2.05. The largest absolute Gasteiger partial charge is 0.357 e. The van der Waals surface area contributed by atoms with Crippen molar-refractivity contribution >= 4 is 11.9 Å². The highest BCUT2D eigenvalue weighted by molar-refractivity contribution is 5.86. The summed E-state index contributed by atoms with van der Waals surface area (Å²) in [7, 11) is 1.89. The number of nitrogens with one attached hydrogen (secondary N) is 1. The fraction of sp³-hybridized carbons (Fsp3) is 0.722. The van der Waals surface area contributed by atoms with E-state index in [-0.39, 0.29) is 5.91 Å². The molecule has 0 atom stereocenters. The molecule has 0 aliphatic carbocycles. The van der Waals surface area contributed by atoms with Crippen LogP contribution in [0.5, 0.6) is 0 Å². The van der Waals surface area contributed by atoms with Gasteiger partial charge < -0.3 is 19.7 Å². The molecule has 1 aromatic heterocycles. The summed E-state index contributed by atoms with van der Waals surface area (Å²) < 4.78 is 2.14. The van der Waals surface area contributed by atoms with Gasteiger partial charge in [-0.15, -0.1) is 0 Å². The molecule has 0 saturated carbocycles. The number of carbonyl (C=O) groups excluding carboxylic acids is 1. The Morgan fingerprint density at radius 1 is 1.32 bits per heavy atom. The van der Waals surface area contributed by atoms with Crippen LogP contribution in [0.1, 0.15) is 40.4 Å². The maximum atomic E-state index is 12.3. The van der Waals surface area contributed by atoms with Crippen molar-refractivity contribution in [3.05, 3.63) is 18.2 Å². The maximum Gasteiger partial charge on any atom is 0.242 e. The number of hydrogen-bond donors (Lipinski definition) is 1. The van der Waals surface area contributed by atoms with E-state index in [9.17, 15) is 4.79 Å². The standard InChI is InChI=1S/C18H34N6O/c1-7-19-18(22(6)14-17(25)23(8-2)9-3)21-12-16-20-10-11-24(16)13-15(4)5/h10-11,15H,7-9,12-14H2,1-6H3,(H,19,21). The average Bonchev–Trinajstić information content (AvgIpc) is 2.98. The summed E-state index contributed by atoms with van der Waals surface area (Å²) in [5.41, 5.74) is 0. The zero-order valence-corrected chi connectivity index (χ0v) is 16.6. The lowest BCUT2D eigenvalue weighted by atomic mass is 10.2. The number of rotatable bonds is 9. The predicted octanol–water partition coefficient (Wildman–Crippen LogP) is 1.80. The van der Waals surface area contributed by atoms with Crippen LogP contribution >= 0.6 is 0 Å². The summed E-state index contributed by atoms with van der Waals surface area (Å²) in [5.74, 6) is 2.33. The monoisotopic (exact) mass is 350 g/mol. The lowest BCUT2D eigenvalue weighted by Gasteiger charge is -2.25. The lowest BCUT2D eigenvalue weighted by Crippen LogP contribution is -2.45. The van der Waals surface area contributed by atoms with Gasteiger partial charge in [0.15, 0.2) is 5.96 Å². The molecule has 0 saturated heterocycles. The zero-order valence-electron chi connectivity index (χ0n) is 16.6. The highest BCUT2D eigenvalue weighted by Gasteiger charge is 2.15. The molecule has 1 rings (SSSR count). The van der Waals surface area contributed by atoms with E-state index in [2.05, 4.69) is 33.7 Å². The molecule has 0 fully saturated rings. The summed E-state index contributed by atoms with van der Waals surface area (Å²) in [4.78, 5) is 25.1. The minimum Gasteiger partial charge on any atom is -0.357 e. The van der Waals surface area contributed by atoms with Crippen LogP contribution in [0.15, 0.2) is 17.4 Å². The first-order valence-electron chi connectivity index (χ1n) is 9.20. The number of guanidine groups is 1. The molecule has 0 aliphatic rings. The van der Waals surface area contributed by atoms with Gasteiger partial charge in [-0.2, -0.15) is 0 Å². The Morgan fingerprint density at radius 2 is 2.00 bits per heavy atom. The van der Waals surface area contributed by atoms with E-state index < -0.39 is 0 Å². The van der Waals surface area contributed by atoms with Gasteiger partial charge in [0.1, 0.15) is 12.4 Å². The van der Waals surface area contributed by atoms with Gasteiger partial charge >= 0.3 is 0 Å². The van der Waals surface area contributed by atoms with E-state index in [4.69, 9.17) is 0 Å². The van der Waals surface area contributed by atoms with Gasteiger partial charge in [-0.25, -0.2) is 9.98 Å². The molecule has 0 spiro atoms. The van der Waals surface area contributed by atoms with Gasteiger partial charge in [0, 0.05) is 45.6 Å². The molecule has 7 heteroatoms. The van der Waals surface area contributed by atoms with Gasteiger partial charge in [-0.3, -0.25) is 4.79 Å². The number of aromatic nitrogens is 2. The van der Waals surface area contributed by atoms with Crippen molar-refractivity contribution in [2.45, 2.75) is 47.7 Å². The van der Waals surface area contributed by atoms with Gasteiger partial charge in [0.05, 0.1) is 6.54 Å². The minimum atomic E-state index is 0.111. The zero-order chi connectivity index (χ0) is 18.8. The van der Waals surface area contributed by atoms with Crippen LogP contribution in [-0.2, 0) is 17.9 Å². The fourth-order valence-corrected chi connectivity index (χ4v) is 2.62. The first-order valence-corrected chi connectivity index (χ1v) is 9.20. The second kappa shape index (κ2) is 10.7. The fourth-order valence-electron chi connectivity index (χ4n) is 2.62. The molecule has 0 unspecified atom stereocenters.